The molecule has 0 N–H and O–H groups in total. The molecule has 3 aromatic rings. The molecule has 2 aromatic carbocycles. The summed E-state index contributed by atoms with van der Waals surface area (Å²) < 4.78 is 27.9. The normalized spacial score (nSPS) is 12.6. The zero-order chi connectivity index (χ0) is 20.3. The van der Waals surface area contributed by atoms with Crippen LogP contribution in [0.1, 0.15) is 30.9 Å². The Labute approximate surface area is 169 Å². The zero-order valence-electron chi connectivity index (χ0n) is 16.3. The van der Waals surface area contributed by atoms with E-state index in [4.69, 9.17) is 0 Å². The first-order chi connectivity index (χ1) is 13.3. The van der Waals surface area contributed by atoms with Crippen molar-refractivity contribution in [2.45, 2.75) is 45.1 Å². The first-order valence-electron chi connectivity index (χ1n) is 9.27. The van der Waals surface area contributed by atoms with Gasteiger partial charge in [-0.2, -0.15) is 4.99 Å². The third-order valence-corrected chi connectivity index (χ3v) is 7.42. The molecule has 0 unspecified atom stereocenters. The number of carbonyl (C=O) groups excluding carboxylic acids is 1. The van der Waals surface area contributed by atoms with Gasteiger partial charge in [-0.1, -0.05) is 35.1 Å². The smallest absolute Gasteiger partial charge is 0.248 e. The van der Waals surface area contributed by atoms with E-state index in [1.807, 2.05) is 37.5 Å². The summed E-state index contributed by atoms with van der Waals surface area (Å²) >= 11 is 1.49. The fraction of sp³-hybridized carbons (Fsp3) is 0.333. The lowest BCUT2D eigenvalue weighted by atomic mass is 10.2. The van der Waals surface area contributed by atoms with Crippen molar-refractivity contribution in [2.75, 3.05) is 5.75 Å². The molecule has 0 aliphatic heterocycles. The summed E-state index contributed by atoms with van der Waals surface area (Å²) in [5.74, 6) is -0.346. The second-order valence-corrected chi connectivity index (χ2v) is 9.96. The number of aryl methyl sites for hydroxylation is 3. The van der Waals surface area contributed by atoms with Crippen LogP contribution in [0.5, 0.6) is 0 Å². The second-order valence-electron chi connectivity index (χ2n) is 6.84. The van der Waals surface area contributed by atoms with Gasteiger partial charge in [-0.3, -0.25) is 4.79 Å². The third-order valence-electron chi connectivity index (χ3n) is 4.56. The minimum absolute atomic E-state index is 0.0588. The Bertz CT molecular complexity index is 1170. The number of benzene rings is 2. The van der Waals surface area contributed by atoms with Crippen molar-refractivity contribution in [3.05, 3.63) is 58.4 Å². The summed E-state index contributed by atoms with van der Waals surface area (Å²) in [7, 11) is -3.38. The van der Waals surface area contributed by atoms with Crippen LogP contribution in [0.25, 0.3) is 10.2 Å². The third kappa shape index (κ3) is 4.59. The molecule has 0 bridgehead atoms. The van der Waals surface area contributed by atoms with Crippen LogP contribution in [0.3, 0.4) is 0 Å². The highest BCUT2D eigenvalue weighted by atomic mass is 32.2. The Morgan fingerprint density at radius 3 is 2.43 bits per heavy atom. The van der Waals surface area contributed by atoms with Crippen molar-refractivity contribution in [1.82, 2.24) is 4.57 Å². The Morgan fingerprint density at radius 1 is 1.07 bits per heavy atom. The molecule has 0 atom stereocenters. The van der Waals surface area contributed by atoms with Crippen molar-refractivity contribution in [3.63, 3.8) is 0 Å². The number of rotatable bonds is 6. The number of thiazole rings is 1. The number of aromatic nitrogens is 1. The molecular weight excluding hydrogens is 392 g/mol. The van der Waals surface area contributed by atoms with Gasteiger partial charge in [-0.25, -0.2) is 8.42 Å². The minimum Gasteiger partial charge on any atom is -0.317 e. The van der Waals surface area contributed by atoms with E-state index in [-0.39, 0.29) is 24.5 Å². The van der Waals surface area contributed by atoms with Gasteiger partial charge in [0.2, 0.25) is 5.91 Å². The number of hydrogen-bond donors (Lipinski definition) is 0. The van der Waals surface area contributed by atoms with Crippen LogP contribution in [0, 0.1) is 13.8 Å². The first kappa shape index (κ1) is 20.5. The maximum absolute atomic E-state index is 12.4. The summed E-state index contributed by atoms with van der Waals surface area (Å²) in [6, 6.07) is 13.0. The molecule has 1 heterocycles. The van der Waals surface area contributed by atoms with Crippen molar-refractivity contribution in [1.29, 1.82) is 0 Å². The highest BCUT2D eigenvalue weighted by molar-refractivity contribution is 7.91. The van der Waals surface area contributed by atoms with Crippen LogP contribution >= 0.6 is 11.3 Å². The molecule has 0 radical (unpaired) electrons. The predicted molar refractivity (Wildman–Crippen MR) is 113 cm³/mol. The van der Waals surface area contributed by atoms with Crippen LogP contribution in [0.2, 0.25) is 0 Å². The molecule has 28 heavy (non-hydrogen) atoms. The average molecular weight is 417 g/mol. The van der Waals surface area contributed by atoms with E-state index >= 15 is 0 Å². The van der Waals surface area contributed by atoms with Crippen LogP contribution < -0.4 is 4.80 Å². The number of hydrogen-bond acceptors (Lipinski definition) is 4. The topological polar surface area (TPSA) is 68.5 Å². The van der Waals surface area contributed by atoms with Gasteiger partial charge in [0.05, 0.1) is 20.9 Å². The van der Waals surface area contributed by atoms with Gasteiger partial charge >= 0.3 is 0 Å². The van der Waals surface area contributed by atoms with Crippen molar-refractivity contribution < 1.29 is 13.2 Å². The van der Waals surface area contributed by atoms with Crippen LogP contribution in [-0.4, -0.2) is 24.6 Å². The standard InChI is InChI=1S/C21H24N2O3S2/c1-4-23-18-12-9-16(3)14-19(18)27-21(23)22-20(24)6-5-13-28(25,26)17-10-7-15(2)8-11-17/h7-12,14H,4-6,13H2,1-3H3. The number of amides is 1. The number of carbonyl (C=O) groups is 1. The van der Waals surface area contributed by atoms with Gasteiger partial charge in [0, 0.05) is 13.0 Å². The molecular formula is C21H24N2O3S2. The summed E-state index contributed by atoms with van der Waals surface area (Å²) in [6.45, 7) is 6.68. The Morgan fingerprint density at radius 2 is 1.75 bits per heavy atom. The largest absolute Gasteiger partial charge is 0.317 e. The number of fused-ring (bicyclic) bond motifs is 1. The number of sulfone groups is 1. The molecule has 0 fully saturated rings. The summed E-state index contributed by atoms with van der Waals surface area (Å²) in [5, 5.41) is 0. The van der Waals surface area contributed by atoms with Crippen molar-refractivity contribution >= 4 is 37.3 Å². The minimum atomic E-state index is -3.38. The molecule has 0 spiro atoms. The van der Waals surface area contributed by atoms with E-state index in [2.05, 4.69) is 11.1 Å². The summed E-state index contributed by atoms with van der Waals surface area (Å²) in [6.07, 6.45) is 0.372. The van der Waals surface area contributed by atoms with Crippen molar-refractivity contribution in [2.24, 2.45) is 4.99 Å². The molecule has 3 rings (SSSR count). The molecule has 0 aliphatic carbocycles. The maximum atomic E-state index is 12.4. The van der Waals surface area contributed by atoms with Crippen molar-refractivity contribution in [3.8, 4) is 0 Å². The lowest BCUT2D eigenvalue weighted by Crippen LogP contribution is -2.16. The highest BCUT2D eigenvalue weighted by Crippen LogP contribution is 2.19. The molecule has 148 valence electrons. The molecule has 0 aliphatic rings. The van der Waals surface area contributed by atoms with Gasteiger partial charge in [-0.15, -0.1) is 0 Å². The van der Waals surface area contributed by atoms with Crippen LogP contribution in [0.15, 0.2) is 52.4 Å². The Balaban J connectivity index is 1.72. The maximum Gasteiger partial charge on any atom is 0.248 e. The molecule has 5 nitrogen and oxygen atoms in total. The molecule has 0 saturated heterocycles. The average Bonchev–Trinajstić information content (AvgIpc) is 2.97. The highest BCUT2D eigenvalue weighted by Gasteiger charge is 2.15. The van der Waals surface area contributed by atoms with E-state index in [1.54, 1.807) is 24.3 Å². The Hall–Kier alpha value is -2.25. The zero-order valence-corrected chi connectivity index (χ0v) is 17.9. The van der Waals surface area contributed by atoms with E-state index in [0.29, 0.717) is 9.70 Å². The summed E-state index contributed by atoms with van der Waals surface area (Å²) in [4.78, 5) is 17.5. The van der Waals surface area contributed by atoms with Gasteiger partial charge < -0.3 is 4.57 Å². The van der Waals surface area contributed by atoms with Gasteiger partial charge in [0.15, 0.2) is 14.6 Å². The second kappa shape index (κ2) is 8.41. The number of nitrogens with zero attached hydrogens (tertiary/aromatic N) is 2. The van der Waals surface area contributed by atoms with E-state index in [9.17, 15) is 13.2 Å². The lowest BCUT2D eigenvalue weighted by molar-refractivity contribution is -0.118. The summed E-state index contributed by atoms with van der Waals surface area (Å²) in [5.41, 5.74) is 3.23. The fourth-order valence-electron chi connectivity index (χ4n) is 3.01. The van der Waals surface area contributed by atoms with E-state index < -0.39 is 9.84 Å². The molecule has 1 amide bonds. The monoisotopic (exact) mass is 416 g/mol. The molecule has 1 aromatic heterocycles. The van der Waals surface area contributed by atoms with Gasteiger partial charge in [0.1, 0.15) is 0 Å². The Kier molecular flexibility index (Phi) is 6.15. The van der Waals surface area contributed by atoms with E-state index in [1.165, 1.54) is 11.3 Å². The molecule has 7 heteroatoms. The SMILES string of the molecule is CCn1c(=NC(=O)CCCS(=O)(=O)c2ccc(C)cc2)sc2cc(C)ccc21. The van der Waals surface area contributed by atoms with Gasteiger partial charge in [0.25, 0.3) is 0 Å². The fourth-order valence-corrected chi connectivity index (χ4v) is 5.53. The quantitative estimate of drug-likeness (QED) is 0.609. The first-order valence-corrected chi connectivity index (χ1v) is 11.7. The van der Waals surface area contributed by atoms with E-state index in [0.717, 1.165) is 27.9 Å². The molecule has 0 saturated carbocycles. The van der Waals surface area contributed by atoms with Crippen LogP contribution in [0.4, 0.5) is 0 Å². The van der Waals surface area contributed by atoms with Gasteiger partial charge in [-0.05, 0) is 57.0 Å². The predicted octanol–water partition coefficient (Wildman–Crippen LogP) is 4.02. The van der Waals surface area contributed by atoms with Crippen LogP contribution in [-0.2, 0) is 21.2 Å². The lowest BCUT2D eigenvalue weighted by Gasteiger charge is -2.04.